The van der Waals surface area contributed by atoms with Crippen molar-refractivity contribution < 1.29 is 4.74 Å². The molecule has 0 aromatic carbocycles. The van der Waals surface area contributed by atoms with Crippen LogP contribution in [0, 0.1) is 5.92 Å². The van der Waals surface area contributed by atoms with Crippen LogP contribution < -0.4 is 5.32 Å². The minimum atomic E-state index is 0.592. The summed E-state index contributed by atoms with van der Waals surface area (Å²) in [4.78, 5) is 1.30. The summed E-state index contributed by atoms with van der Waals surface area (Å²) in [6.45, 7) is 3.50. The fourth-order valence-electron chi connectivity index (χ4n) is 2.22. The van der Waals surface area contributed by atoms with Crippen LogP contribution in [0.4, 0.5) is 5.82 Å². The quantitative estimate of drug-likeness (QED) is 0.906. The van der Waals surface area contributed by atoms with Crippen molar-refractivity contribution in [1.82, 2.24) is 9.78 Å². The lowest BCUT2D eigenvalue weighted by Gasteiger charge is -2.12. The van der Waals surface area contributed by atoms with E-state index in [0.717, 1.165) is 38.5 Å². The molecule has 0 saturated carbocycles. The van der Waals surface area contributed by atoms with Crippen molar-refractivity contribution in [2.75, 3.05) is 18.5 Å². The Morgan fingerprint density at radius 3 is 3.21 bits per heavy atom. The van der Waals surface area contributed by atoms with E-state index in [-0.39, 0.29) is 0 Å². The van der Waals surface area contributed by atoms with Gasteiger partial charge in [0.1, 0.15) is 5.82 Å². The fourth-order valence-corrected chi connectivity index (χ4v) is 3.65. The van der Waals surface area contributed by atoms with Gasteiger partial charge in [0.25, 0.3) is 0 Å². The molecule has 0 amide bonds. The highest BCUT2D eigenvalue weighted by Gasteiger charge is 2.17. The Morgan fingerprint density at radius 1 is 1.53 bits per heavy atom. The van der Waals surface area contributed by atoms with Crippen molar-refractivity contribution in [2.45, 2.75) is 19.5 Å². The van der Waals surface area contributed by atoms with E-state index in [1.165, 1.54) is 9.35 Å². The molecule has 0 radical (unpaired) electrons. The molecule has 1 N–H and O–H groups in total. The molecule has 3 rings (SSSR count). The first-order valence-electron chi connectivity index (χ1n) is 6.38. The van der Waals surface area contributed by atoms with E-state index >= 15 is 0 Å². The second kappa shape index (κ2) is 6.07. The van der Waals surface area contributed by atoms with Crippen LogP contribution in [0.1, 0.15) is 11.3 Å². The van der Waals surface area contributed by atoms with E-state index in [0.29, 0.717) is 5.92 Å². The summed E-state index contributed by atoms with van der Waals surface area (Å²) in [5.41, 5.74) is 0. The second-order valence-corrected chi connectivity index (χ2v) is 6.53. The highest BCUT2D eigenvalue weighted by atomic mass is 79.9. The van der Waals surface area contributed by atoms with Crippen LogP contribution >= 0.6 is 27.3 Å². The number of thiophene rings is 1. The zero-order chi connectivity index (χ0) is 13.1. The van der Waals surface area contributed by atoms with Gasteiger partial charge in [-0.15, -0.1) is 11.3 Å². The van der Waals surface area contributed by atoms with E-state index in [9.17, 15) is 0 Å². The van der Waals surface area contributed by atoms with Gasteiger partial charge in [-0.2, -0.15) is 5.10 Å². The monoisotopic (exact) mass is 341 g/mol. The van der Waals surface area contributed by atoms with Crippen molar-refractivity contribution in [3.05, 3.63) is 33.1 Å². The molecule has 19 heavy (non-hydrogen) atoms. The maximum absolute atomic E-state index is 5.41. The van der Waals surface area contributed by atoms with Crippen molar-refractivity contribution in [2.24, 2.45) is 5.92 Å². The summed E-state index contributed by atoms with van der Waals surface area (Å²) < 4.78 is 8.62. The largest absolute Gasteiger partial charge is 0.381 e. The van der Waals surface area contributed by atoms with Gasteiger partial charge in [-0.3, -0.25) is 0 Å². The van der Waals surface area contributed by atoms with Crippen LogP contribution in [0.3, 0.4) is 0 Å². The number of nitrogens with one attached hydrogen (secondary N) is 1. The molecular weight excluding hydrogens is 326 g/mol. The van der Waals surface area contributed by atoms with Crippen LogP contribution in [0.5, 0.6) is 0 Å². The van der Waals surface area contributed by atoms with Gasteiger partial charge in [0.2, 0.25) is 0 Å². The Labute approximate surface area is 124 Å². The molecule has 0 bridgehead atoms. The lowest BCUT2D eigenvalue weighted by atomic mass is 10.1. The summed E-state index contributed by atoms with van der Waals surface area (Å²) >= 11 is 5.30. The minimum Gasteiger partial charge on any atom is -0.381 e. The Morgan fingerprint density at radius 2 is 2.47 bits per heavy atom. The maximum Gasteiger partial charge on any atom is 0.124 e. The number of ether oxygens (including phenoxy) is 1. The number of hydrogen-bond acceptors (Lipinski definition) is 4. The lowest BCUT2D eigenvalue weighted by molar-refractivity contribution is 0.181. The number of nitrogens with zero attached hydrogens (tertiary/aromatic N) is 2. The fraction of sp³-hybridized carbons (Fsp3) is 0.462. The van der Waals surface area contributed by atoms with Gasteiger partial charge in [-0.05, 0) is 33.8 Å². The van der Waals surface area contributed by atoms with Gasteiger partial charge in [0, 0.05) is 34.5 Å². The van der Waals surface area contributed by atoms with Crippen LogP contribution in [0.2, 0.25) is 0 Å². The van der Waals surface area contributed by atoms with Crippen LogP contribution in [0.25, 0.3) is 0 Å². The molecule has 4 nitrogen and oxygen atoms in total. The Balaban J connectivity index is 1.61. The first-order chi connectivity index (χ1) is 9.33. The topological polar surface area (TPSA) is 39.1 Å². The molecular formula is C13H16BrN3OS. The van der Waals surface area contributed by atoms with E-state index in [4.69, 9.17) is 4.74 Å². The molecule has 3 heterocycles. The van der Waals surface area contributed by atoms with Crippen LogP contribution in [-0.4, -0.2) is 23.0 Å². The van der Waals surface area contributed by atoms with E-state index in [1.54, 1.807) is 11.3 Å². The molecule has 0 unspecified atom stereocenters. The molecule has 1 saturated heterocycles. The van der Waals surface area contributed by atoms with Crippen molar-refractivity contribution in [1.29, 1.82) is 0 Å². The molecule has 0 aliphatic carbocycles. The molecule has 1 aliphatic heterocycles. The molecule has 6 heteroatoms. The number of aromatic nitrogens is 2. The maximum atomic E-state index is 5.41. The highest BCUT2D eigenvalue weighted by molar-refractivity contribution is 9.10. The first kappa shape index (κ1) is 13.1. The Kier molecular flexibility index (Phi) is 4.20. The van der Waals surface area contributed by atoms with Gasteiger partial charge in [-0.25, -0.2) is 4.68 Å². The minimum absolute atomic E-state index is 0.592. The number of hydrogen-bond donors (Lipinski definition) is 1. The third-order valence-corrected chi connectivity index (χ3v) is 5.22. The summed E-state index contributed by atoms with van der Waals surface area (Å²) in [6.07, 6.45) is 2.98. The van der Waals surface area contributed by atoms with Crippen molar-refractivity contribution in [3.63, 3.8) is 0 Å². The van der Waals surface area contributed by atoms with Gasteiger partial charge in [-0.1, -0.05) is 0 Å². The number of rotatable bonds is 5. The Hall–Kier alpha value is -0.850. The van der Waals surface area contributed by atoms with Gasteiger partial charge < -0.3 is 10.1 Å². The average Bonchev–Trinajstić information content (AvgIpc) is 3.11. The normalized spacial score (nSPS) is 18.9. The zero-order valence-electron chi connectivity index (χ0n) is 10.5. The third-order valence-electron chi connectivity index (χ3n) is 3.29. The lowest BCUT2D eigenvalue weighted by Crippen LogP contribution is -2.14. The van der Waals surface area contributed by atoms with Gasteiger partial charge in [0.15, 0.2) is 0 Å². The smallest absolute Gasteiger partial charge is 0.124 e. The second-order valence-electron chi connectivity index (χ2n) is 4.67. The average molecular weight is 342 g/mol. The van der Waals surface area contributed by atoms with E-state index in [1.807, 2.05) is 16.9 Å². The molecule has 1 aliphatic rings. The summed E-state index contributed by atoms with van der Waals surface area (Å²) in [5, 5.41) is 9.93. The van der Waals surface area contributed by atoms with E-state index < -0.39 is 0 Å². The molecule has 0 spiro atoms. The zero-order valence-corrected chi connectivity index (χ0v) is 12.9. The van der Waals surface area contributed by atoms with Gasteiger partial charge in [0.05, 0.1) is 19.3 Å². The summed E-state index contributed by atoms with van der Waals surface area (Å²) in [6, 6.07) is 4.10. The first-order valence-corrected chi connectivity index (χ1v) is 8.05. The van der Waals surface area contributed by atoms with E-state index in [2.05, 4.69) is 37.8 Å². The third kappa shape index (κ3) is 3.19. The summed E-state index contributed by atoms with van der Waals surface area (Å²) in [5.74, 6) is 1.67. The summed E-state index contributed by atoms with van der Waals surface area (Å²) in [7, 11) is 0. The molecule has 1 fully saturated rings. The SMILES string of the molecule is Brc1ccsc1CNc1ccnn1C[C@H]1CCOC1. The van der Waals surface area contributed by atoms with Crippen molar-refractivity contribution in [3.8, 4) is 0 Å². The van der Waals surface area contributed by atoms with Gasteiger partial charge >= 0.3 is 0 Å². The number of anilines is 1. The highest BCUT2D eigenvalue weighted by Crippen LogP contribution is 2.24. The predicted octanol–water partition coefficient (Wildman–Crippen LogP) is 3.36. The molecule has 1 atom stereocenters. The standard InChI is InChI=1S/C13H16BrN3OS/c14-11-3-6-19-12(11)7-15-13-1-4-16-17(13)8-10-2-5-18-9-10/h1,3-4,6,10,15H,2,5,7-9H2/t10-/m1/s1. The Bertz CT molecular complexity index is 533. The van der Waals surface area contributed by atoms with Crippen molar-refractivity contribution >= 4 is 33.1 Å². The predicted molar refractivity (Wildman–Crippen MR) is 80.5 cm³/mol. The van der Waals surface area contributed by atoms with Crippen LogP contribution in [-0.2, 0) is 17.8 Å². The van der Waals surface area contributed by atoms with Crippen LogP contribution in [0.15, 0.2) is 28.2 Å². The molecule has 102 valence electrons. The molecule has 2 aromatic heterocycles. The number of halogens is 1. The molecule has 2 aromatic rings.